The van der Waals surface area contributed by atoms with Crippen LogP contribution in [0.15, 0.2) is 18.2 Å². The molecule has 0 saturated carbocycles. The second kappa shape index (κ2) is 4.05. The monoisotopic (exact) mass is 213 g/mol. The van der Waals surface area contributed by atoms with Gasteiger partial charge in [-0.05, 0) is 18.2 Å². The van der Waals surface area contributed by atoms with Crippen LogP contribution in [0, 0.1) is 5.82 Å². The van der Waals surface area contributed by atoms with Gasteiger partial charge in [-0.2, -0.15) is 0 Å². The van der Waals surface area contributed by atoms with E-state index in [9.17, 15) is 14.0 Å². The second-order valence-corrected chi connectivity index (χ2v) is 2.86. The van der Waals surface area contributed by atoms with Crippen LogP contribution >= 0.6 is 0 Å². The van der Waals surface area contributed by atoms with Gasteiger partial charge in [-0.3, -0.25) is 4.79 Å². The van der Waals surface area contributed by atoms with E-state index in [1.165, 1.54) is 0 Å². The Hall–Kier alpha value is -1.95. The number of rotatable bonds is 3. The third-order valence-corrected chi connectivity index (χ3v) is 1.84. The molecule has 0 amide bonds. The van der Waals surface area contributed by atoms with Crippen molar-refractivity contribution in [2.75, 3.05) is 0 Å². The van der Waals surface area contributed by atoms with Gasteiger partial charge in [-0.25, -0.2) is 9.18 Å². The van der Waals surface area contributed by atoms with E-state index < -0.39 is 23.8 Å². The summed E-state index contributed by atoms with van der Waals surface area (Å²) in [5, 5.41) is 17.2. The fraction of sp³-hybridized carbons (Fsp3) is 0.111. The van der Waals surface area contributed by atoms with Crippen LogP contribution in [0.2, 0.25) is 0 Å². The van der Waals surface area contributed by atoms with E-state index in [4.69, 9.17) is 15.9 Å². The molecule has 1 rings (SSSR count). The maximum atomic E-state index is 13.1. The molecule has 15 heavy (non-hydrogen) atoms. The average molecular weight is 213 g/mol. The maximum absolute atomic E-state index is 13.1. The Morgan fingerprint density at radius 3 is 2.40 bits per heavy atom. The maximum Gasteiger partial charge on any atom is 0.335 e. The van der Waals surface area contributed by atoms with Crippen LogP contribution in [-0.4, -0.2) is 22.2 Å². The Labute approximate surface area is 83.9 Å². The van der Waals surface area contributed by atoms with Crippen LogP contribution in [-0.2, 0) is 4.79 Å². The second-order valence-electron chi connectivity index (χ2n) is 2.86. The van der Waals surface area contributed by atoms with Crippen molar-refractivity contribution < 1.29 is 24.2 Å². The third-order valence-electron chi connectivity index (χ3n) is 1.84. The summed E-state index contributed by atoms with van der Waals surface area (Å²) in [6.45, 7) is 0. The first-order valence-electron chi connectivity index (χ1n) is 3.94. The van der Waals surface area contributed by atoms with Gasteiger partial charge < -0.3 is 15.9 Å². The number of hydrogen-bond acceptors (Lipinski definition) is 3. The van der Waals surface area contributed by atoms with E-state index in [-0.39, 0.29) is 11.1 Å². The molecule has 0 aliphatic heterocycles. The van der Waals surface area contributed by atoms with E-state index >= 15 is 0 Å². The predicted octanol–water partition coefficient (Wildman–Crippen LogP) is 0.608. The molecule has 0 aromatic heterocycles. The average Bonchev–Trinajstić information content (AvgIpc) is 2.16. The molecule has 80 valence electrons. The van der Waals surface area contributed by atoms with E-state index in [1.807, 2.05) is 0 Å². The summed E-state index contributed by atoms with van der Waals surface area (Å²) < 4.78 is 13.1. The van der Waals surface area contributed by atoms with Crippen LogP contribution in [0.3, 0.4) is 0 Å². The van der Waals surface area contributed by atoms with Crippen molar-refractivity contribution in [2.24, 2.45) is 5.73 Å². The molecule has 0 spiro atoms. The zero-order chi connectivity index (χ0) is 11.6. The number of nitrogens with two attached hydrogens (primary N) is 1. The zero-order valence-corrected chi connectivity index (χ0v) is 7.48. The molecule has 1 aromatic carbocycles. The number of carbonyl (C=O) groups is 2. The Morgan fingerprint density at radius 2 is 1.93 bits per heavy atom. The van der Waals surface area contributed by atoms with Crippen molar-refractivity contribution >= 4 is 11.9 Å². The molecular weight excluding hydrogens is 205 g/mol. The van der Waals surface area contributed by atoms with Gasteiger partial charge in [0.1, 0.15) is 11.9 Å². The highest BCUT2D eigenvalue weighted by molar-refractivity contribution is 5.88. The lowest BCUT2D eigenvalue weighted by Crippen LogP contribution is -2.22. The fourth-order valence-corrected chi connectivity index (χ4v) is 1.05. The molecule has 1 atom stereocenters. The lowest BCUT2D eigenvalue weighted by molar-refractivity contribution is -0.138. The van der Waals surface area contributed by atoms with Crippen molar-refractivity contribution in [1.29, 1.82) is 0 Å². The Bertz CT molecular complexity index is 419. The molecule has 0 heterocycles. The minimum Gasteiger partial charge on any atom is -0.480 e. The number of carboxylic acid groups (broad SMARTS) is 2. The standard InChI is InChI=1S/C9H8FNO4/c10-6-2-1-4(8(12)13)3-5(6)7(11)9(14)15/h1-3,7H,11H2,(H,12,13)(H,14,15)/t7-/m0/s1. The SMILES string of the molecule is N[C@H](C(=O)O)c1cc(C(=O)O)ccc1F. The molecule has 0 saturated heterocycles. The molecule has 0 fully saturated rings. The first-order chi connectivity index (χ1) is 6.93. The number of aromatic carboxylic acids is 1. The van der Waals surface area contributed by atoms with E-state index in [0.717, 1.165) is 18.2 Å². The van der Waals surface area contributed by atoms with Crippen molar-refractivity contribution in [1.82, 2.24) is 0 Å². The van der Waals surface area contributed by atoms with Crippen molar-refractivity contribution in [3.63, 3.8) is 0 Å². The number of halogens is 1. The summed E-state index contributed by atoms with van der Waals surface area (Å²) >= 11 is 0. The quantitative estimate of drug-likeness (QED) is 0.682. The highest BCUT2D eigenvalue weighted by atomic mass is 19.1. The largest absolute Gasteiger partial charge is 0.480 e. The van der Waals surface area contributed by atoms with Crippen LogP contribution in [0.5, 0.6) is 0 Å². The van der Waals surface area contributed by atoms with E-state index in [1.54, 1.807) is 0 Å². The van der Waals surface area contributed by atoms with Crippen molar-refractivity contribution in [2.45, 2.75) is 6.04 Å². The van der Waals surface area contributed by atoms with Gasteiger partial charge in [-0.15, -0.1) is 0 Å². The normalized spacial score (nSPS) is 12.1. The zero-order valence-electron chi connectivity index (χ0n) is 7.48. The summed E-state index contributed by atoms with van der Waals surface area (Å²) in [6.07, 6.45) is 0. The smallest absolute Gasteiger partial charge is 0.335 e. The van der Waals surface area contributed by atoms with Gasteiger partial charge in [0.25, 0.3) is 0 Å². The van der Waals surface area contributed by atoms with Crippen LogP contribution < -0.4 is 5.73 Å². The summed E-state index contributed by atoms with van der Waals surface area (Å²) in [7, 11) is 0. The fourth-order valence-electron chi connectivity index (χ4n) is 1.05. The van der Waals surface area contributed by atoms with Crippen LogP contribution in [0.1, 0.15) is 22.0 Å². The topological polar surface area (TPSA) is 101 Å². The Balaban J connectivity index is 3.22. The summed E-state index contributed by atoms with van der Waals surface area (Å²) in [4.78, 5) is 21.0. The molecule has 1 aromatic rings. The van der Waals surface area contributed by atoms with E-state index in [2.05, 4.69) is 0 Å². The molecule has 0 unspecified atom stereocenters. The van der Waals surface area contributed by atoms with Gasteiger partial charge in [0.15, 0.2) is 0 Å². The lowest BCUT2D eigenvalue weighted by atomic mass is 10.0. The Morgan fingerprint density at radius 1 is 1.33 bits per heavy atom. The number of hydrogen-bond donors (Lipinski definition) is 3. The molecule has 4 N–H and O–H groups in total. The van der Waals surface area contributed by atoms with Crippen LogP contribution in [0.25, 0.3) is 0 Å². The molecule has 0 radical (unpaired) electrons. The molecule has 0 aliphatic carbocycles. The van der Waals surface area contributed by atoms with Gasteiger partial charge in [-0.1, -0.05) is 0 Å². The number of carboxylic acids is 2. The number of benzene rings is 1. The molecule has 5 nitrogen and oxygen atoms in total. The molecule has 0 aliphatic rings. The van der Waals surface area contributed by atoms with E-state index in [0.29, 0.717) is 0 Å². The minimum atomic E-state index is -1.57. The predicted molar refractivity (Wildman–Crippen MR) is 47.9 cm³/mol. The third kappa shape index (κ3) is 2.29. The van der Waals surface area contributed by atoms with Crippen molar-refractivity contribution in [3.05, 3.63) is 35.1 Å². The summed E-state index contributed by atoms with van der Waals surface area (Å²) in [5.41, 5.74) is 4.62. The summed E-state index contributed by atoms with van der Waals surface area (Å²) in [5.74, 6) is -3.53. The molecule has 0 bridgehead atoms. The first kappa shape index (κ1) is 11.1. The van der Waals surface area contributed by atoms with Gasteiger partial charge in [0.2, 0.25) is 0 Å². The van der Waals surface area contributed by atoms with Gasteiger partial charge in [0.05, 0.1) is 5.56 Å². The highest BCUT2D eigenvalue weighted by Crippen LogP contribution is 2.17. The van der Waals surface area contributed by atoms with Crippen LogP contribution in [0.4, 0.5) is 4.39 Å². The van der Waals surface area contributed by atoms with Gasteiger partial charge >= 0.3 is 11.9 Å². The Kier molecular flexibility index (Phi) is 3.01. The molecular formula is C9H8FNO4. The minimum absolute atomic E-state index is 0.205. The van der Waals surface area contributed by atoms with Gasteiger partial charge in [0, 0.05) is 5.56 Å². The van der Waals surface area contributed by atoms with Crippen molar-refractivity contribution in [3.8, 4) is 0 Å². The highest BCUT2D eigenvalue weighted by Gasteiger charge is 2.19. The molecule has 6 heteroatoms. The lowest BCUT2D eigenvalue weighted by Gasteiger charge is -2.08. The number of aliphatic carboxylic acids is 1. The first-order valence-corrected chi connectivity index (χ1v) is 3.94. The summed E-state index contributed by atoms with van der Waals surface area (Å²) in [6, 6.07) is 1.26.